The van der Waals surface area contributed by atoms with Gasteiger partial charge in [-0.2, -0.15) is 0 Å². The molecule has 1 saturated carbocycles. The average Bonchev–Trinajstić information content (AvgIpc) is 2.38. The smallest absolute Gasteiger partial charge is 0.414 e. The van der Waals surface area contributed by atoms with Crippen molar-refractivity contribution in [2.45, 2.75) is 32.5 Å². The van der Waals surface area contributed by atoms with Crippen molar-refractivity contribution < 1.29 is 9.31 Å². The van der Waals surface area contributed by atoms with Gasteiger partial charge in [-0.3, -0.25) is 0 Å². The highest BCUT2D eigenvalue weighted by Gasteiger charge is 2.39. The quantitative estimate of drug-likeness (QED) is 0.604. The maximum absolute atomic E-state index is 5.28. The molecule has 2 nitrogen and oxygen atoms in total. The SMILES string of the molecule is COB(OC)C1CCC(C)C1C. The number of hydrogen-bond acceptors (Lipinski definition) is 2. The molecule has 0 saturated heterocycles. The highest BCUT2D eigenvalue weighted by atomic mass is 16.6. The molecule has 0 N–H and O–H groups in total. The van der Waals surface area contributed by atoms with Crippen LogP contribution in [0, 0.1) is 11.8 Å². The minimum absolute atomic E-state index is 0.00458. The molecule has 1 aliphatic carbocycles. The summed E-state index contributed by atoms with van der Waals surface area (Å²) in [6.45, 7) is 4.61. The normalized spacial score (nSPS) is 35.5. The molecule has 0 aromatic heterocycles. The summed E-state index contributed by atoms with van der Waals surface area (Å²) in [4.78, 5) is 0. The molecular weight excluding hydrogens is 151 g/mol. The monoisotopic (exact) mass is 170 g/mol. The molecule has 3 heteroatoms. The third kappa shape index (κ3) is 1.83. The van der Waals surface area contributed by atoms with Crippen LogP contribution >= 0.6 is 0 Å². The van der Waals surface area contributed by atoms with E-state index in [1.807, 2.05) is 0 Å². The fourth-order valence-corrected chi connectivity index (χ4v) is 2.23. The van der Waals surface area contributed by atoms with Gasteiger partial charge in [-0.25, -0.2) is 0 Å². The first-order valence-electron chi connectivity index (χ1n) is 4.76. The van der Waals surface area contributed by atoms with Crippen molar-refractivity contribution in [2.24, 2.45) is 11.8 Å². The van der Waals surface area contributed by atoms with E-state index in [1.165, 1.54) is 12.8 Å². The van der Waals surface area contributed by atoms with Gasteiger partial charge in [0.15, 0.2) is 0 Å². The summed E-state index contributed by atoms with van der Waals surface area (Å²) in [7, 11) is 3.46. The van der Waals surface area contributed by atoms with E-state index in [4.69, 9.17) is 9.31 Å². The molecule has 0 spiro atoms. The lowest BCUT2D eigenvalue weighted by Crippen LogP contribution is -2.28. The fourth-order valence-electron chi connectivity index (χ4n) is 2.23. The molecule has 0 aromatic rings. The second-order valence-electron chi connectivity index (χ2n) is 3.92. The van der Waals surface area contributed by atoms with Crippen LogP contribution in [0.2, 0.25) is 5.82 Å². The molecule has 0 aromatic carbocycles. The summed E-state index contributed by atoms with van der Waals surface area (Å²) >= 11 is 0. The Morgan fingerprint density at radius 2 is 1.67 bits per heavy atom. The van der Waals surface area contributed by atoms with Gasteiger partial charge in [-0.1, -0.05) is 26.7 Å². The summed E-state index contributed by atoms with van der Waals surface area (Å²) < 4.78 is 10.6. The van der Waals surface area contributed by atoms with E-state index in [-0.39, 0.29) is 7.12 Å². The van der Waals surface area contributed by atoms with Gasteiger partial charge in [0.1, 0.15) is 0 Å². The molecule has 0 heterocycles. The van der Waals surface area contributed by atoms with Crippen molar-refractivity contribution in [2.75, 3.05) is 14.2 Å². The molecule has 1 rings (SSSR count). The summed E-state index contributed by atoms with van der Waals surface area (Å²) in [5.74, 6) is 2.15. The van der Waals surface area contributed by atoms with Gasteiger partial charge in [-0.05, 0) is 17.7 Å². The zero-order valence-electron chi connectivity index (χ0n) is 8.54. The van der Waals surface area contributed by atoms with Gasteiger partial charge in [0.05, 0.1) is 0 Å². The van der Waals surface area contributed by atoms with Gasteiger partial charge in [0.2, 0.25) is 0 Å². The minimum Gasteiger partial charge on any atom is -0.414 e. The summed E-state index contributed by atoms with van der Waals surface area (Å²) in [6.07, 6.45) is 2.56. The number of rotatable bonds is 3. The van der Waals surface area contributed by atoms with Crippen LogP contribution in [0.5, 0.6) is 0 Å². The maximum Gasteiger partial charge on any atom is 0.460 e. The highest BCUT2D eigenvalue weighted by Crippen LogP contribution is 2.42. The second-order valence-corrected chi connectivity index (χ2v) is 3.92. The first kappa shape index (κ1) is 10.1. The fraction of sp³-hybridized carbons (Fsp3) is 1.00. The Bertz CT molecular complexity index is 136. The van der Waals surface area contributed by atoms with Crippen molar-refractivity contribution in [3.05, 3.63) is 0 Å². The lowest BCUT2D eigenvalue weighted by Gasteiger charge is -2.21. The molecule has 1 fully saturated rings. The third-order valence-corrected chi connectivity index (χ3v) is 3.34. The van der Waals surface area contributed by atoms with Gasteiger partial charge in [0.25, 0.3) is 0 Å². The summed E-state index contributed by atoms with van der Waals surface area (Å²) in [5.41, 5.74) is 0. The van der Waals surface area contributed by atoms with Crippen molar-refractivity contribution in [3.8, 4) is 0 Å². The van der Waals surface area contributed by atoms with Crippen LogP contribution in [0.15, 0.2) is 0 Å². The summed E-state index contributed by atoms with van der Waals surface area (Å²) in [5, 5.41) is 0. The Morgan fingerprint density at radius 3 is 2.00 bits per heavy atom. The number of hydrogen-bond donors (Lipinski definition) is 0. The molecular formula is C9H19BO2. The first-order chi connectivity index (χ1) is 5.70. The van der Waals surface area contributed by atoms with Crippen LogP contribution in [0.1, 0.15) is 26.7 Å². The Kier molecular flexibility index (Phi) is 3.60. The zero-order valence-corrected chi connectivity index (χ0v) is 8.54. The lowest BCUT2D eigenvalue weighted by molar-refractivity contribution is 0.253. The van der Waals surface area contributed by atoms with E-state index in [1.54, 1.807) is 14.2 Å². The predicted octanol–water partition coefficient (Wildman–Crippen LogP) is 2.20. The van der Waals surface area contributed by atoms with E-state index in [2.05, 4.69) is 13.8 Å². The molecule has 70 valence electrons. The zero-order chi connectivity index (χ0) is 9.14. The van der Waals surface area contributed by atoms with E-state index >= 15 is 0 Å². The van der Waals surface area contributed by atoms with Gasteiger partial charge in [0, 0.05) is 14.2 Å². The van der Waals surface area contributed by atoms with Crippen molar-refractivity contribution in [1.29, 1.82) is 0 Å². The lowest BCUT2D eigenvalue weighted by atomic mass is 9.66. The van der Waals surface area contributed by atoms with Crippen LogP contribution in [-0.4, -0.2) is 21.3 Å². The Balaban J connectivity index is 2.51. The first-order valence-corrected chi connectivity index (χ1v) is 4.76. The Hall–Kier alpha value is -0.0151. The molecule has 0 amide bonds. The van der Waals surface area contributed by atoms with Gasteiger partial charge < -0.3 is 9.31 Å². The largest absolute Gasteiger partial charge is 0.460 e. The summed E-state index contributed by atoms with van der Waals surface area (Å²) in [6, 6.07) is 0. The Labute approximate surface area is 75.8 Å². The average molecular weight is 170 g/mol. The van der Waals surface area contributed by atoms with E-state index in [9.17, 15) is 0 Å². The molecule has 0 aliphatic heterocycles. The Morgan fingerprint density at radius 1 is 1.08 bits per heavy atom. The molecule has 3 atom stereocenters. The van der Waals surface area contributed by atoms with E-state index in [0.717, 1.165) is 11.8 Å². The van der Waals surface area contributed by atoms with Crippen LogP contribution in [0.4, 0.5) is 0 Å². The van der Waals surface area contributed by atoms with Crippen LogP contribution in [-0.2, 0) is 9.31 Å². The molecule has 0 radical (unpaired) electrons. The van der Waals surface area contributed by atoms with Crippen molar-refractivity contribution in [1.82, 2.24) is 0 Å². The van der Waals surface area contributed by atoms with E-state index < -0.39 is 0 Å². The highest BCUT2D eigenvalue weighted by molar-refractivity contribution is 6.46. The molecule has 12 heavy (non-hydrogen) atoms. The van der Waals surface area contributed by atoms with Crippen LogP contribution in [0.3, 0.4) is 0 Å². The van der Waals surface area contributed by atoms with Gasteiger partial charge >= 0.3 is 7.12 Å². The van der Waals surface area contributed by atoms with Crippen LogP contribution < -0.4 is 0 Å². The molecule has 3 unspecified atom stereocenters. The van der Waals surface area contributed by atoms with Crippen LogP contribution in [0.25, 0.3) is 0 Å². The van der Waals surface area contributed by atoms with Gasteiger partial charge in [-0.15, -0.1) is 0 Å². The maximum atomic E-state index is 5.28. The van der Waals surface area contributed by atoms with Crippen molar-refractivity contribution >= 4 is 7.12 Å². The third-order valence-electron chi connectivity index (χ3n) is 3.34. The predicted molar refractivity (Wildman–Crippen MR) is 51.1 cm³/mol. The van der Waals surface area contributed by atoms with Crippen molar-refractivity contribution in [3.63, 3.8) is 0 Å². The second kappa shape index (κ2) is 4.29. The van der Waals surface area contributed by atoms with E-state index in [0.29, 0.717) is 5.82 Å². The minimum atomic E-state index is 0.00458. The molecule has 0 bridgehead atoms. The molecule has 1 aliphatic rings. The standard InChI is InChI=1S/C9H19BO2/c1-7-5-6-9(8(7)2)10(11-3)12-4/h7-9H,5-6H2,1-4H3. The topological polar surface area (TPSA) is 18.5 Å².